The van der Waals surface area contributed by atoms with E-state index in [2.05, 4.69) is 57.1 Å². The van der Waals surface area contributed by atoms with Gasteiger partial charge < -0.3 is 61.7 Å². The number of piperazine rings is 1. The summed E-state index contributed by atoms with van der Waals surface area (Å²) < 4.78 is 5.55. The number of fused-ring (bicyclic) bond motifs is 2. The van der Waals surface area contributed by atoms with Crippen LogP contribution in [0.5, 0.6) is 5.75 Å². The van der Waals surface area contributed by atoms with Crippen molar-refractivity contribution >= 4 is 27.8 Å². The number of nitrogens with one attached hydrogen (secondary N) is 2. The molecule has 0 atom stereocenters. The van der Waals surface area contributed by atoms with Gasteiger partial charge in [0.25, 0.3) is 0 Å². The molecule has 0 spiro atoms. The van der Waals surface area contributed by atoms with E-state index < -0.39 is 0 Å². The number of hydrogen-bond acceptors (Lipinski definition) is 5. The van der Waals surface area contributed by atoms with Crippen molar-refractivity contribution < 1.29 is 42.0 Å². The Morgan fingerprint density at radius 1 is 0.730 bits per heavy atom. The first-order valence-corrected chi connectivity index (χ1v) is 11.8. The summed E-state index contributed by atoms with van der Waals surface area (Å²) in [5.41, 5.74) is 7.27. The number of aromatic nitrogens is 4. The number of ether oxygens (including phenoxy) is 1. The fraction of sp³-hybridized carbons (Fsp3) is 0.259. The fourth-order valence-electron chi connectivity index (χ4n) is 4.57. The maximum Gasteiger partial charge on any atom is 0.138 e. The molecule has 1 aliphatic rings. The first kappa shape index (κ1) is 28.6. The predicted molar refractivity (Wildman–Crippen MR) is 137 cm³/mol. The Hall–Kier alpha value is -2.97. The van der Waals surface area contributed by atoms with Crippen molar-refractivity contribution in [2.24, 2.45) is 0 Å². The van der Waals surface area contributed by atoms with Gasteiger partial charge in [-0.2, -0.15) is 0 Å². The number of anilines is 1. The summed E-state index contributed by atoms with van der Waals surface area (Å²) in [4.78, 5) is 21.4. The van der Waals surface area contributed by atoms with Gasteiger partial charge in [-0.25, -0.2) is 9.97 Å². The van der Waals surface area contributed by atoms with Gasteiger partial charge in [0, 0.05) is 43.0 Å². The van der Waals surface area contributed by atoms with Crippen LogP contribution in [-0.4, -0.2) is 64.7 Å². The Morgan fingerprint density at radius 3 is 1.95 bits per heavy atom. The molecule has 10 heteroatoms. The Morgan fingerprint density at radius 2 is 1.30 bits per heavy atom. The Balaban J connectivity index is 0.00000127. The lowest BCUT2D eigenvalue weighted by Gasteiger charge is -2.34. The Kier molecular flexibility index (Phi) is 9.31. The van der Waals surface area contributed by atoms with Crippen LogP contribution in [0.25, 0.3) is 44.8 Å². The van der Waals surface area contributed by atoms with E-state index in [0.29, 0.717) is 6.61 Å². The van der Waals surface area contributed by atoms with E-state index in [0.717, 1.165) is 76.8 Å². The number of halogens is 3. The first-order valence-electron chi connectivity index (χ1n) is 11.8. The van der Waals surface area contributed by atoms with Gasteiger partial charge in [0.2, 0.25) is 0 Å². The van der Waals surface area contributed by atoms with Gasteiger partial charge in [0.1, 0.15) is 17.4 Å². The van der Waals surface area contributed by atoms with Crippen LogP contribution >= 0.6 is 0 Å². The summed E-state index contributed by atoms with van der Waals surface area (Å²) in [5, 5.41) is 0. The van der Waals surface area contributed by atoms with Crippen molar-refractivity contribution in [1.82, 2.24) is 24.8 Å². The van der Waals surface area contributed by atoms with Gasteiger partial charge in [-0.3, -0.25) is 0 Å². The number of likely N-dealkylation sites (N-methyl/N-ethyl adjacent to an activating group) is 1. The van der Waals surface area contributed by atoms with E-state index >= 15 is 0 Å². The highest BCUT2D eigenvalue weighted by molar-refractivity contribution is 5.87. The molecule has 2 N–H and O–H groups in total. The third-order valence-electron chi connectivity index (χ3n) is 6.53. The zero-order chi connectivity index (χ0) is 23.1. The summed E-state index contributed by atoms with van der Waals surface area (Å²) in [6, 6.07) is 20.7. The van der Waals surface area contributed by atoms with Gasteiger partial charge in [0.15, 0.2) is 0 Å². The smallest absolute Gasteiger partial charge is 0.138 e. The Bertz CT molecular complexity index is 1460. The van der Waals surface area contributed by atoms with Crippen molar-refractivity contribution in [3.63, 3.8) is 0 Å². The van der Waals surface area contributed by atoms with Crippen molar-refractivity contribution in [1.29, 1.82) is 0 Å². The molecule has 0 unspecified atom stereocenters. The van der Waals surface area contributed by atoms with E-state index in [1.807, 2.05) is 37.3 Å². The highest BCUT2D eigenvalue weighted by Gasteiger charge is 2.16. The molecule has 0 radical (unpaired) electrons. The maximum atomic E-state index is 5.55. The van der Waals surface area contributed by atoms with Crippen LogP contribution in [0.15, 0.2) is 60.7 Å². The van der Waals surface area contributed by atoms with Crippen molar-refractivity contribution in [3.8, 4) is 28.5 Å². The molecule has 2 aromatic heterocycles. The van der Waals surface area contributed by atoms with Crippen LogP contribution in [0.4, 0.5) is 5.69 Å². The van der Waals surface area contributed by atoms with E-state index in [1.165, 1.54) is 5.69 Å². The topological polar surface area (TPSA) is 73.1 Å². The molecular formula is C27H28Cl3N6O-3. The molecule has 6 rings (SSSR count). The molecule has 0 saturated carbocycles. The van der Waals surface area contributed by atoms with Crippen LogP contribution in [0.3, 0.4) is 0 Å². The molecule has 0 amide bonds. The predicted octanol–water partition coefficient (Wildman–Crippen LogP) is -4.06. The highest BCUT2D eigenvalue weighted by atomic mass is 35.5. The second-order valence-electron chi connectivity index (χ2n) is 8.85. The number of imidazole rings is 2. The first-order chi connectivity index (χ1) is 16.7. The lowest BCUT2D eigenvalue weighted by molar-refractivity contribution is -0.00100. The van der Waals surface area contributed by atoms with Crippen LogP contribution in [0.2, 0.25) is 0 Å². The third-order valence-corrected chi connectivity index (χ3v) is 6.53. The van der Waals surface area contributed by atoms with Crippen LogP contribution in [0, 0.1) is 0 Å². The lowest BCUT2D eigenvalue weighted by Crippen LogP contribution is -3.00. The third kappa shape index (κ3) is 5.80. The van der Waals surface area contributed by atoms with Gasteiger partial charge in [-0.05, 0) is 74.6 Å². The van der Waals surface area contributed by atoms with Crippen molar-refractivity contribution in [2.45, 2.75) is 6.92 Å². The molecular weight excluding hydrogens is 531 g/mol. The summed E-state index contributed by atoms with van der Waals surface area (Å²) >= 11 is 0. The minimum atomic E-state index is 0. The molecule has 0 bridgehead atoms. The average Bonchev–Trinajstić information content (AvgIpc) is 3.48. The zero-order valence-corrected chi connectivity index (χ0v) is 22.9. The number of H-pyrrole nitrogens is 2. The highest BCUT2D eigenvalue weighted by Crippen LogP contribution is 2.28. The van der Waals surface area contributed by atoms with E-state index in [4.69, 9.17) is 14.7 Å². The number of benzene rings is 3. The second-order valence-corrected chi connectivity index (χ2v) is 8.85. The summed E-state index contributed by atoms with van der Waals surface area (Å²) in [7, 11) is 2.18. The van der Waals surface area contributed by atoms with Gasteiger partial charge in [0.05, 0.1) is 28.7 Å². The minimum absolute atomic E-state index is 0. The average molecular weight is 559 g/mol. The molecule has 3 heterocycles. The van der Waals surface area contributed by atoms with E-state index in [1.54, 1.807) is 0 Å². The number of hydrogen-bond donors (Lipinski definition) is 2. The second kappa shape index (κ2) is 12.0. The minimum Gasteiger partial charge on any atom is -1.00 e. The van der Waals surface area contributed by atoms with Crippen LogP contribution < -0.4 is 46.9 Å². The number of aromatic amines is 2. The molecule has 7 nitrogen and oxygen atoms in total. The SMILES string of the molecule is CCOc1ccc(-c2nc3ccc(-c4nc5ccc(N6CCN(C)CC6)cc5[nH]4)cc3[nH]2)cc1.[Cl-].[Cl-].[Cl-]. The summed E-state index contributed by atoms with van der Waals surface area (Å²) in [6.45, 7) is 6.93. The summed E-state index contributed by atoms with van der Waals surface area (Å²) in [5.74, 6) is 2.58. The molecule has 1 fully saturated rings. The van der Waals surface area contributed by atoms with Gasteiger partial charge in [-0.15, -0.1) is 0 Å². The Labute approximate surface area is 234 Å². The molecule has 5 aromatic rings. The summed E-state index contributed by atoms with van der Waals surface area (Å²) in [6.07, 6.45) is 0. The van der Waals surface area contributed by atoms with E-state index in [-0.39, 0.29) is 37.2 Å². The number of nitrogens with zero attached hydrogens (tertiary/aromatic N) is 4. The molecule has 1 aliphatic heterocycles. The van der Waals surface area contributed by atoms with Gasteiger partial charge in [-0.1, -0.05) is 0 Å². The molecule has 196 valence electrons. The largest absolute Gasteiger partial charge is 1.00 e. The van der Waals surface area contributed by atoms with Crippen LogP contribution in [-0.2, 0) is 0 Å². The van der Waals surface area contributed by atoms with Crippen molar-refractivity contribution in [2.75, 3.05) is 44.7 Å². The molecule has 0 aliphatic carbocycles. The van der Waals surface area contributed by atoms with Crippen molar-refractivity contribution in [3.05, 3.63) is 60.7 Å². The lowest BCUT2D eigenvalue weighted by atomic mass is 10.2. The molecule has 1 saturated heterocycles. The van der Waals surface area contributed by atoms with E-state index in [9.17, 15) is 0 Å². The normalized spacial score (nSPS) is 13.6. The standard InChI is InChI=1S/C27H28N6O.3ClH/c1-3-34-21-8-4-18(5-9-21)26-28-22-10-6-19(16-24(22)30-26)27-29-23-11-7-20(17-25(23)31-27)33-14-12-32(2)13-15-33;;;/h4-11,16-17H,3,12-15H2,1-2H3,(H,28,30)(H,29,31);3*1H/p-3. The zero-order valence-electron chi connectivity index (χ0n) is 20.6. The maximum absolute atomic E-state index is 5.55. The van der Waals surface area contributed by atoms with Crippen LogP contribution in [0.1, 0.15) is 6.92 Å². The molecule has 3 aromatic carbocycles. The fourth-order valence-corrected chi connectivity index (χ4v) is 4.57. The monoisotopic (exact) mass is 557 g/mol. The number of rotatable bonds is 5. The van der Waals surface area contributed by atoms with Gasteiger partial charge >= 0.3 is 0 Å². The molecule has 37 heavy (non-hydrogen) atoms. The quantitative estimate of drug-likeness (QED) is 0.230.